The van der Waals surface area contributed by atoms with Crippen molar-refractivity contribution in [2.75, 3.05) is 0 Å². The number of nitrogens with zero attached hydrogens (tertiary/aromatic N) is 1. The van der Waals surface area contributed by atoms with E-state index >= 15 is 0 Å². The quantitative estimate of drug-likeness (QED) is 0.691. The van der Waals surface area contributed by atoms with Crippen LogP contribution in [0, 0.1) is 5.92 Å². The van der Waals surface area contributed by atoms with Crippen LogP contribution in [0.4, 0.5) is 0 Å². The molecular weight excluding hydrogens is 246 g/mol. The molecule has 3 atom stereocenters. The predicted octanol–water partition coefficient (Wildman–Crippen LogP) is -0.234. The Kier molecular flexibility index (Phi) is 3.89. The van der Waals surface area contributed by atoms with Crippen LogP contribution >= 0.6 is 0 Å². The van der Waals surface area contributed by atoms with E-state index in [1.165, 1.54) is 4.90 Å². The summed E-state index contributed by atoms with van der Waals surface area (Å²) >= 11 is 0. The van der Waals surface area contributed by atoms with E-state index in [2.05, 4.69) is 5.32 Å². The molecular formula is C13H21N3O3. The number of likely N-dealkylation sites (tertiary alicyclic amines) is 1. The molecule has 2 fully saturated rings. The molecule has 2 aliphatic rings. The molecule has 3 N–H and O–H groups in total. The van der Waals surface area contributed by atoms with Crippen LogP contribution in [0.2, 0.25) is 0 Å². The van der Waals surface area contributed by atoms with E-state index in [-0.39, 0.29) is 42.1 Å². The average Bonchev–Trinajstić information content (AvgIpc) is 2.84. The Labute approximate surface area is 112 Å². The number of hydrogen-bond donors (Lipinski definition) is 2. The first-order valence-corrected chi connectivity index (χ1v) is 6.82. The summed E-state index contributed by atoms with van der Waals surface area (Å²) in [5.41, 5.74) is 5.77. The molecule has 0 aromatic rings. The van der Waals surface area contributed by atoms with Gasteiger partial charge in [-0.25, -0.2) is 0 Å². The second kappa shape index (κ2) is 5.28. The third-order valence-corrected chi connectivity index (χ3v) is 3.86. The Morgan fingerprint density at radius 1 is 1.37 bits per heavy atom. The molecule has 0 bridgehead atoms. The Balaban J connectivity index is 1.95. The first-order valence-electron chi connectivity index (χ1n) is 6.82. The van der Waals surface area contributed by atoms with E-state index in [0.717, 1.165) is 12.8 Å². The number of imide groups is 1. The summed E-state index contributed by atoms with van der Waals surface area (Å²) in [5.74, 6) is -0.778. The molecule has 0 aromatic carbocycles. The van der Waals surface area contributed by atoms with Crippen molar-refractivity contribution in [3.05, 3.63) is 0 Å². The van der Waals surface area contributed by atoms with Crippen molar-refractivity contribution < 1.29 is 14.4 Å². The van der Waals surface area contributed by atoms with Crippen LogP contribution < -0.4 is 11.1 Å². The second-order valence-electron chi connectivity index (χ2n) is 5.73. The fraction of sp³-hybridized carbons (Fsp3) is 0.769. The van der Waals surface area contributed by atoms with Crippen LogP contribution in [-0.4, -0.2) is 40.7 Å². The molecule has 1 aliphatic carbocycles. The predicted molar refractivity (Wildman–Crippen MR) is 68.9 cm³/mol. The lowest BCUT2D eigenvalue weighted by atomic mass is 10.1. The van der Waals surface area contributed by atoms with Crippen LogP contribution in [0.1, 0.15) is 39.5 Å². The first kappa shape index (κ1) is 14.0. The topological polar surface area (TPSA) is 92.5 Å². The molecule has 6 nitrogen and oxygen atoms in total. The molecule has 1 saturated carbocycles. The number of nitrogens with one attached hydrogen (secondary N) is 1. The lowest BCUT2D eigenvalue weighted by Crippen LogP contribution is -2.45. The molecule has 1 aliphatic heterocycles. The Bertz CT molecular complexity index is 408. The van der Waals surface area contributed by atoms with Gasteiger partial charge in [0.15, 0.2) is 0 Å². The van der Waals surface area contributed by atoms with Gasteiger partial charge in [-0.05, 0) is 33.1 Å². The van der Waals surface area contributed by atoms with Crippen molar-refractivity contribution >= 4 is 17.7 Å². The monoisotopic (exact) mass is 267 g/mol. The van der Waals surface area contributed by atoms with Crippen molar-refractivity contribution in [3.63, 3.8) is 0 Å². The smallest absolute Gasteiger partial charge is 0.252 e. The van der Waals surface area contributed by atoms with Gasteiger partial charge in [0.1, 0.15) is 6.04 Å². The van der Waals surface area contributed by atoms with E-state index in [0.29, 0.717) is 6.42 Å². The summed E-state index contributed by atoms with van der Waals surface area (Å²) in [4.78, 5) is 37.0. The minimum Gasteiger partial charge on any atom is -0.344 e. The molecule has 0 radical (unpaired) electrons. The fourth-order valence-electron chi connectivity index (χ4n) is 2.85. The SMILES string of the molecule is CC(C)N1C(=O)CC(NC(=O)C2CCC(N)C2)C1=O. The maximum absolute atomic E-state index is 12.0. The molecule has 0 spiro atoms. The van der Waals surface area contributed by atoms with Crippen molar-refractivity contribution in [1.82, 2.24) is 10.2 Å². The molecule has 19 heavy (non-hydrogen) atoms. The molecule has 106 valence electrons. The highest BCUT2D eigenvalue weighted by atomic mass is 16.2. The fourth-order valence-corrected chi connectivity index (χ4v) is 2.85. The summed E-state index contributed by atoms with van der Waals surface area (Å²) in [5, 5.41) is 2.70. The Morgan fingerprint density at radius 3 is 2.53 bits per heavy atom. The summed E-state index contributed by atoms with van der Waals surface area (Å²) in [6.07, 6.45) is 2.33. The van der Waals surface area contributed by atoms with E-state index in [9.17, 15) is 14.4 Å². The highest BCUT2D eigenvalue weighted by Crippen LogP contribution is 2.25. The van der Waals surface area contributed by atoms with Gasteiger partial charge in [-0.15, -0.1) is 0 Å². The van der Waals surface area contributed by atoms with Crippen molar-refractivity contribution in [1.29, 1.82) is 0 Å². The number of carbonyl (C=O) groups is 3. The van der Waals surface area contributed by atoms with E-state index in [1.807, 2.05) is 0 Å². The van der Waals surface area contributed by atoms with Crippen molar-refractivity contribution in [3.8, 4) is 0 Å². The zero-order chi connectivity index (χ0) is 14.2. The zero-order valence-corrected chi connectivity index (χ0v) is 11.4. The van der Waals surface area contributed by atoms with E-state index in [1.54, 1.807) is 13.8 Å². The van der Waals surface area contributed by atoms with Crippen LogP contribution in [0.5, 0.6) is 0 Å². The third-order valence-electron chi connectivity index (χ3n) is 3.86. The van der Waals surface area contributed by atoms with Gasteiger partial charge < -0.3 is 11.1 Å². The summed E-state index contributed by atoms with van der Waals surface area (Å²) < 4.78 is 0. The lowest BCUT2D eigenvalue weighted by molar-refractivity contribution is -0.141. The maximum atomic E-state index is 12.0. The molecule has 2 rings (SSSR count). The zero-order valence-electron chi connectivity index (χ0n) is 11.4. The van der Waals surface area contributed by atoms with Gasteiger partial charge >= 0.3 is 0 Å². The highest BCUT2D eigenvalue weighted by molar-refractivity contribution is 6.07. The highest BCUT2D eigenvalue weighted by Gasteiger charge is 2.41. The minimum atomic E-state index is -0.695. The van der Waals surface area contributed by atoms with Gasteiger partial charge in [-0.3, -0.25) is 19.3 Å². The average molecular weight is 267 g/mol. The molecule has 3 amide bonds. The van der Waals surface area contributed by atoms with Crippen LogP contribution in [0.25, 0.3) is 0 Å². The molecule has 1 heterocycles. The normalized spacial score (nSPS) is 31.4. The van der Waals surface area contributed by atoms with Crippen molar-refractivity contribution in [2.24, 2.45) is 11.7 Å². The van der Waals surface area contributed by atoms with Gasteiger partial charge in [0, 0.05) is 18.0 Å². The largest absolute Gasteiger partial charge is 0.344 e. The van der Waals surface area contributed by atoms with Crippen molar-refractivity contribution in [2.45, 2.75) is 57.7 Å². The maximum Gasteiger partial charge on any atom is 0.252 e. The van der Waals surface area contributed by atoms with Gasteiger partial charge in [0.25, 0.3) is 5.91 Å². The van der Waals surface area contributed by atoms with Crippen LogP contribution in [0.3, 0.4) is 0 Å². The molecule has 1 saturated heterocycles. The Hall–Kier alpha value is -1.43. The number of amides is 3. The van der Waals surface area contributed by atoms with Gasteiger partial charge in [0.05, 0.1) is 6.42 Å². The number of hydrogen-bond acceptors (Lipinski definition) is 4. The van der Waals surface area contributed by atoms with Gasteiger partial charge in [-0.2, -0.15) is 0 Å². The third kappa shape index (κ3) is 2.78. The Morgan fingerprint density at radius 2 is 2.05 bits per heavy atom. The molecule has 0 aromatic heterocycles. The van der Waals surface area contributed by atoms with E-state index < -0.39 is 6.04 Å². The van der Waals surface area contributed by atoms with Crippen LogP contribution in [0.15, 0.2) is 0 Å². The summed E-state index contributed by atoms with van der Waals surface area (Å²) in [6.45, 7) is 3.58. The lowest BCUT2D eigenvalue weighted by Gasteiger charge is -2.19. The van der Waals surface area contributed by atoms with E-state index in [4.69, 9.17) is 5.73 Å². The first-order chi connectivity index (χ1) is 8.90. The molecule has 6 heteroatoms. The number of carbonyl (C=O) groups excluding carboxylic acids is 3. The second-order valence-corrected chi connectivity index (χ2v) is 5.73. The van der Waals surface area contributed by atoms with Crippen LogP contribution in [-0.2, 0) is 14.4 Å². The summed E-state index contributed by atoms with van der Waals surface area (Å²) in [6, 6.07) is -0.787. The standard InChI is InChI=1S/C13H21N3O3/c1-7(2)16-11(17)6-10(13(16)19)15-12(18)8-3-4-9(14)5-8/h7-10H,3-6,14H2,1-2H3,(H,15,18). The van der Waals surface area contributed by atoms with Gasteiger partial charge in [0.2, 0.25) is 11.8 Å². The number of nitrogens with two attached hydrogens (primary N) is 1. The number of rotatable bonds is 3. The summed E-state index contributed by atoms with van der Waals surface area (Å²) in [7, 11) is 0. The molecule has 3 unspecified atom stereocenters. The minimum absolute atomic E-state index is 0.0710. The van der Waals surface area contributed by atoms with Gasteiger partial charge in [-0.1, -0.05) is 0 Å².